The smallest absolute Gasteiger partial charge is 0.354 e. The van der Waals surface area contributed by atoms with Gasteiger partial charge in [0.2, 0.25) is 0 Å². The van der Waals surface area contributed by atoms with Crippen LogP contribution in [0.25, 0.3) is 6.08 Å². The van der Waals surface area contributed by atoms with Crippen LogP contribution in [0, 0.1) is 6.92 Å². The normalized spacial score (nSPS) is 10.6. The predicted molar refractivity (Wildman–Crippen MR) is 57.2 cm³/mol. The predicted octanol–water partition coefficient (Wildman–Crippen LogP) is 1.58. The molecule has 5 nitrogen and oxygen atoms in total. The number of hydrogen-bond donors (Lipinski definition) is 2. The summed E-state index contributed by atoms with van der Waals surface area (Å²) >= 11 is 0. The average Bonchev–Trinajstić information content (AvgIpc) is 2.16. The highest BCUT2D eigenvalue weighted by Crippen LogP contribution is 2.09. The minimum absolute atomic E-state index is 0.00962. The summed E-state index contributed by atoms with van der Waals surface area (Å²) in [7, 11) is 0. The van der Waals surface area contributed by atoms with Gasteiger partial charge in [0.05, 0.1) is 6.42 Å². The van der Waals surface area contributed by atoms with Crippen molar-refractivity contribution in [3.63, 3.8) is 0 Å². The zero-order valence-corrected chi connectivity index (χ0v) is 8.67. The summed E-state index contributed by atoms with van der Waals surface area (Å²) in [6, 6.07) is 1.65. The third-order valence-electron chi connectivity index (χ3n) is 1.90. The lowest BCUT2D eigenvalue weighted by atomic mass is 10.1. The van der Waals surface area contributed by atoms with Gasteiger partial charge in [0.25, 0.3) is 0 Å². The number of aliphatic carboxylic acids is 1. The van der Waals surface area contributed by atoms with Gasteiger partial charge in [0.1, 0.15) is 0 Å². The molecule has 2 N–H and O–H groups in total. The van der Waals surface area contributed by atoms with Crippen molar-refractivity contribution in [2.24, 2.45) is 0 Å². The Bertz CT molecular complexity index is 451. The molecule has 0 unspecified atom stereocenters. The van der Waals surface area contributed by atoms with Gasteiger partial charge in [-0.3, -0.25) is 4.79 Å². The fourth-order valence-corrected chi connectivity index (χ4v) is 1.21. The number of rotatable bonds is 4. The summed E-state index contributed by atoms with van der Waals surface area (Å²) in [5.41, 5.74) is 1.24. The first-order chi connectivity index (χ1) is 7.50. The molecular formula is C11H11NO4. The molecule has 5 heteroatoms. The number of aryl methyl sites for hydroxylation is 1. The fraction of sp³-hybridized carbons (Fsp3) is 0.182. The molecular weight excluding hydrogens is 210 g/mol. The Kier molecular flexibility index (Phi) is 3.77. The summed E-state index contributed by atoms with van der Waals surface area (Å²) in [6.07, 6.45) is 4.41. The maximum Gasteiger partial charge on any atom is 0.354 e. The van der Waals surface area contributed by atoms with E-state index in [2.05, 4.69) is 4.98 Å². The van der Waals surface area contributed by atoms with Crippen molar-refractivity contribution in [1.82, 2.24) is 4.98 Å². The van der Waals surface area contributed by atoms with Crippen molar-refractivity contribution in [3.8, 4) is 0 Å². The molecule has 84 valence electrons. The molecule has 1 heterocycles. The van der Waals surface area contributed by atoms with Crippen LogP contribution in [0.4, 0.5) is 0 Å². The highest BCUT2D eigenvalue weighted by atomic mass is 16.4. The van der Waals surface area contributed by atoms with E-state index in [9.17, 15) is 9.59 Å². The molecule has 0 aliphatic carbocycles. The lowest BCUT2D eigenvalue weighted by Crippen LogP contribution is -2.03. The van der Waals surface area contributed by atoms with Gasteiger partial charge in [-0.15, -0.1) is 0 Å². The third kappa shape index (κ3) is 3.20. The van der Waals surface area contributed by atoms with Crippen molar-refractivity contribution in [1.29, 1.82) is 0 Å². The van der Waals surface area contributed by atoms with Crippen molar-refractivity contribution in [2.45, 2.75) is 13.3 Å². The zero-order chi connectivity index (χ0) is 12.1. The zero-order valence-electron chi connectivity index (χ0n) is 8.67. The molecule has 0 saturated carbocycles. The maximum absolute atomic E-state index is 10.7. The lowest BCUT2D eigenvalue weighted by Gasteiger charge is -2.00. The lowest BCUT2D eigenvalue weighted by molar-refractivity contribution is -0.135. The number of nitrogens with zero attached hydrogens (tertiary/aromatic N) is 1. The van der Waals surface area contributed by atoms with E-state index in [1.807, 2.05) is 0 Å². The van der Waals surface area contributed by atoms with E-state index in [1.165, 1.54) is 12.3 Å². The minimum atomic E-state index is -1.07. The van der Waals surface area contributed by atoms with Gasteiger partial charge in [-0.1, -0.05) is 12.2 Å². The van der Waals surface area contributed by atoms with Crippen LogP contribution in [0.5, 0.6) is 0 Å². The van der Waals surface area contributed by atoms with Gasteiger partial charge in [-0.05, 0) is 24.1 Å². The number of carboxylic acid groups (broad SMARTS) is 2. The van der Waals surface area contributed by atoms with Crippen molar-refractivity contribution < 1.29 is 19.8 Å². The van der Waals surface area contributed by atoms with Crippen LogP contribution in [0.15, 0.2) is 18.3 Å². The first kappa shape index (κ1) is 11.9. The molecule has 0 spiro atoms. The second kappa shape index (κ2) is 5.06. The summed E-state index contributed by atoms with van der Waals surface area (Å²) in [5, 5.41) is 17.2. The molecule has 1 rings (SSSR count). The van der Waals surface area contributed by atoms with E-state index in [4.69, 9.17) is 10.2 Å². The van der Waals surface area contributed by atoms with Crippen LogP contribution in [-0.2, 0) is 4.79 Å². The quantitative estimate of drug-likeness (QED) is 0.805. The second-order valence-electron chi connectivity index (χ2n) is 3.24. The largest absolute Gasteiger partial charge is 0.481 e. The van der Waals surface area contributed by atoms with Gasteiger partial charge in [0, 0.05) is 6.20 Å². The van der Waals surface area contributed by atoms with Gasteiger partial charge in [0.15, 0.2) is 5.69 Å². The highest BCUT2D eigenvalue weighted by molar-refractivity contribution is 5.87. The minimum Gasteiger partial charge on any atom is -0.481 e. The highest BCUT2D eigenvalue weighted by Gasteiger charge is 2.07. The number of aromatic carboxylic acids is 1. The molecule has 0 amide bonds. The van der Waals surface area contributed by atoms with E-state index in [1.54, 1.807) is 19.1 Å². The molecule has 16 heavy (non-hydrogen) atoms. The van der Waals surface area contributed by atoms with Crippen molar-refractivity contribution in [2.75, 3.05) is 0 Å². The van der Waals surface area contributed by atoms with Gasteiger partial charge in [-0.25, -0.2) is 9.78 Å². The fourth-order valence-electron chi connectivity index (χ4n) is 1.21. The van der Waals surface area contributed by atoms with Crippen molar-refractivity contribution in [3.05, 3.63) is 35.2 Å². The molecule has 0 saturated heterocycles. The summed E-state index contributed by atoms with van der Waals surface area (Å²) in [5.74, 6) is -1.98. The molecule has 0 radical (unpaired) electrons. The van der Waals surface area contributed by atoms with Crippen LogP contribution in [0.2, 0.25) is 0 Å². The standard InChI is InChI=1S/C11H11NO4/c1-7-5-8(3-2-4-9(13)14)6-12-10(7)11(15)16/h2-3,5-6H,4H2,1H3,(H,13,14)(H,15,16). The Balaban J connectivity index is 2.85. The van der Waals surface area contributed by atoms with Crippen LogP contribution in [0.3, 0.4) is 0 Å². The monoisotopic (exact) mass is 221 g/mol. The van der Waals surface area contributed by atoms with Crippen molar-refractivity contribution >= 4 is 18.0 Å². The van der Waals surface area contributed by atoms with Gasteiger partial charge >= 0.3 is 11.9 Å². The molecule has 0 aromatic carbocycles. The molecule has 0 fully saturated rings. The SMILES string of the molecule is Cc1cc(C=CCC(=O)O)cnc1C(=O)O. The number of hydrogen-bond acceptors (Lipinski definition) is 3. The topological polar surface area (TPSA) is 87.5 Å². The van der Waals surface area contributed by atoms with Gasteiger partial charge in [-0.2, -0.15) is 0 Å². The van der Waals surface area contributed by atoms with E-state index in [0.717, 1.165) is 0 Å². The molecule has 0 bridgehead atoms. The Morgan fingerprint density at radius 3 is 2.62 bits per heavy atom. The van der Waals surface area contributed by atoms with E-state index >= 15 is 0 Å². The Labute approximate surface area is 92.1 Å². The first-order valence-corrected chi connectivity index (χ1v) is 4.59. The average molecular weight is 221 g/mol. The number of carboxylic acids is 2. The summed E-state index contributed by atoms with van der Waals surface area (Å²) in [6.45, 7) is 1.64. The molecule has 0 atom stereocenters. The van der Waals surface area contributed by atoms with Gasteiger partial charge < -0.3 is 10.2 Å². The Hall–Kier alpha value is -2.17. The van der Waals surface area contributed by atoms with Crippen LogP contribution in [-0.4, -0.2) is 27.1 Å². The summed E-state index contributed by atoms with van der Waals surface area (Å²) < 4.78 is 0. The Morgan fingerprint density at radius 2 is 2.12 bits per heavy atom. The van der Waals surface area contributed by atoms with E-state index in [0.29, 0.717) is 11.1 Å². The van der Waals surface area contributed by atoms with E-state index in [-0.39, 0.29) is 12.1 Å². The Morgan fingerprint density at radius 1 is 1.44 bits per heavy atom. The van der Waals surface area contributed by atoms with E-state index < -0.39 is 11.9 Å². The van der Waals surface area contributed by atoms with Crippen LogP contribution in [0.1, 0.15) is 28.0 Å². The number of aromatic nitrogens is 1. The van der Waals surface area contributed by atoms with Crippen LogP contribution >= 0.6 is 0 Å². The maximum atomic E-state index is 10.7. The molecule has 1 aromatic heterocycles. The molecule has 0 aliphatic heterocycles. The first-order valence-electron chi connectivity index (χ1n) is 4.59. The molecule has 1 aromatic rings. The third-order valence-corrected chi connectivity index (χ3v) is 1.90. The number of carbonyl (C=O) groups is 2. The summed E-state index contributed by atoms with van der Waals surface area (Å²) in [4.78, 5) is 24.7. The second-order valence-corrected chi connectivity index (χ2v) is 3.24. The number of pyridine rings is 1. The van der Waals surface area contributed by atoms with Crippen LogP contribution < -0.4 is 0 Å². The molecule has 0 aliphatic rings.